The number of piperazine rings is 1. The third kappa shape index (κ3) is 4.71. The molecule has 0 N–H and O–H groups in total. The normalized spacial score (nSPS) is 14.1. The standard InChI is InChI=1S/C23H28N2O3/c1-17-5-4-6-21(13-17)28-12-7-23(27)25-10-8-24(9-11-25)22-15-18(2)20(16-26)14-19(22)3/h4-6,13-16H,7-12H2,1-3H3. The number of aryl methyl sites for hydroxylation is 3. The van der Waals surface area contributed by atoms with Gasteiger partial charge in [0.1, 0.15) is 12.0 Å². The van der Waals surface area contributed by atoms with Gasteiger partial charge in [0.05, 0.1) is 13.0 Å². The molecule has 1 fully saturated rings. The van der Waals surface area contributed by atoms with Gasteiger partial charge >= 0.3 is 0 Å². The number of anilines is 1. The number of carbonyl (C=O) groups excluding carboxylic acids is 2. The van der Waals surface area contributed by atoms with E-state index >= 15 is 0 Å². The molecule has 0 bridgehead atoms. The van der Waals surface area contributed by atoms with Gasteiger partial charge < -0.3 is 14.5 Å². The third-order valence-corrected chi connectivity index (χ3v) is 5.26. The van der Waals surface area contributed by atoms with Crippen molar-refractivity contribution in [1.29, 1.82) is 0 Å². The fourth-order valence-electron chi connectivity index (χ4n) is 3.61. The SMILES string of the molecule is Cc1cccc(OCCC(=O)N2CCN(c3cc(C)c(C=O)cc3C)CC2)c1. The summed E-state index contributed by atoms with van der Waals surface area (Å²) in [5, 5.41) is 0. The fourth-order valence-corrected chi connectivity index (χ4v) is 3.61. The molecule has 1 heterocycles. The number of benzene rings is 2. The van der Waals surface area contributed by atoms with Crippen molar-refractivity contribution in [2.24, 2.45) is 0 Å². The molecule has 5 heteroatoms. The van der Waals surface area contributed by atoms with E-state index in [2.05, 4.69) is 11.0 Å². The van der Waals surface area contributed by atoms with Crippen molar-refractivity contribution in [2.45, 2.75) is 27.2 Å². The van der Waals surface area contributed by atoms with Crippen LogP contribution in [0.15, 0.2) is 36.4 Å². The van der Waals surface area contributed by atoms with Crippen LogP contribution in [-0.2, 0) is 4.79 Å². The van der Waals surface area contributed by atoms with Gasteiger partial charge in [-0.3, -0.25) is 9.59 Å². The second kappa shape index (κ2) is 8.91. The van der Waals surface area contributed by atoms with Gasteiger partial charge in [-0.25, -0.2) is 0 Å². The molecule has 0 atom stereocenters. The molecule has 0 radical (unpaired) electrons. The zero-order valence-corrected chi connectivity index (χ0v) is 16.9. The monoisotopic (exact) mass is 380 g/mol. The van der Waals surface area contributed by atoms with Crippen LogP contribution in [-0.4, -0.2) is 49.9 Å². The first-order valence-electron chi connectivity index (χ1n) is 9.76. The van der Waals surface area contributed by atoms with Crippen LogP contribution in [0.3, 0.4) is 0 Å². The molecule has 0 aromatic heterocycles. The summed E-state index contributed by atoms with van der Waals surface area (Å²) in [4.78, 5) is 27.8. The molecule has 0 unspecified atom stereocenters. The van der Waals surface area contributed by atoms with Gasteiger partial charge in [-0.05, 0) is 61.7 Å². The maximum Gasteiger partial charge on any atom is 0.226 e. The highest BCUT2D eigenvalue weighted by Crippen LogP contribution is 2.25. The molecule has 1 aliphatic heterocycles. The number of rotatable bonds is 6. The summed E-state index contributed by atoms with van der Waals surface area (Å²) in [6.07, 6.45) is 1.29. The lowest BCUT2D eigenvalue weighted by Crippen LogP contribution is -2.49. The minimum absolute atomic E-state index is 0.136. The van der Waals surface area contributed by atoms with Crippen molar-refractivity contribution >= 4 is 17.9 Å². The molecule has 148 valence electrons. The summed E-state index contributed by atoms with van der Waals surface area (Å²) in [6, 6.07) is 11.9. The third-order valence-electron chi connectivity index (χ3n) is 5.26. The zero-order chi connectivity index (χ0) is 20.1. The molecule has 2 aromatic rings. The largest absolute Gasteiger partial charge is 0.493 e. The Hall–Kier alpha value is -2.82. The summed E-state index contributed by atoms with van der Waals surface area (Å²) >= 11 is 0. The number of hydrogen-bond donors (Lipinski definition) is 0. The summed E-state index contributed by atoms with van der Waals surface area (Å²) in [6.45, 7) is 9.41. The Morgan fingerprint density at radius 3 is 2.46 bits per heavy atom. The maximum atomic E-state index is 12.5. The van der Waals surface area contributed by atoms with Crippen LogP contribution in [0, 0.1) is 20.8 Å². The van der Waals surface area contributed by atoms with Crippen LogP contribution in [0.25, 0.3) is 0 Å². The Morgan fingerprint density at radius 1 is 1.04 bits per heavy atom. The molecule has 0 spiro atoms. The van der Waals surface area contributed by atoms with Gasteiger partial charge in [0.2, 0.25) is 5.91 Å². The van der Waals surface area contributed by atoms with Gasteiger partial charge in [-0.2, -0.15) is 0 Å². The molecule has 0 aliphatic carbocycles. The molecule has 2 aromatic carbocycles. The molecule has 0 saturated carbocycles. The molecule has 1 amide bonds. The second-order valence-electron chi connectivity index (χ2n) is 7.40. The quantitative estimate of drug-likeness (QED) is 0.719. The summed E-state index contributed by atoms with van der Waals surface area (Å²) in [5.41, 5.74) is 5.12. The first-order valence-corrected chi connectivity index (χ1v) is 9.76. The van der Waals surface area contributed by atoms with Gasteiger partial charge in [0.15, 0.2) is 0 Å². The van der Waals surface area contributed by atoms with E-state index in [-0.39, 0.29) is 5.91 Å². The van der Waals surface area contributed by atoms with Crippen LogP contribution in [0.2, 0.25) is 0 Å². The summed E-state index contributed by atoms with van der Waals surface area (Å²) < 4.78 is 5.70. The van der Waals surface area contributed by atoms with Crippen LogP contribution in [0.1, 0.15) is 33.5 Å². The van der Waals surface area contributed by atoms with Crippen LogP contribution in [0.5, 0.6) is 5.75 Å². The van der Waals surface area contributed by atoms with Crippen molar-refractivity contribution in [1.82, 2.24) is 4.90 Å². The summed E-state index contributed by atoms with van der Waals surface area (Å²) in [7, 11) is 0. The number of carbonyl (C=O) groups is 2. The van der Waals surface area contributed by atoms with E-state index in [1.54, 1.807) is 0 Å². The molecule has 5 nitrogen and oxygen atoms in total. The number of aldehydes is 1. The van der Waals surface area contributed by atoms with Crippen molar-refractivity contribution in [3.05, 3.63) is 58.7 Å². The molecular weight excluding hydrogens is 352 g/mol. The van der Waals surface area contributed by atoms with Gasteiger partial charge in [0, 0.05) is 37.4 Å². The number of ether oxygens (including phenoxy) is 1. The number of hydrogen-bond acceptors (Lipinski definition) is 4. The lowest BCUT2D eigenvalue weighted by atomic mass is 10.0. The van der Waals surface area contributed by atoms with E-state index in [9.17, 15) is 9.59 Å². The zero-order valence-electron chi connectivity index (χ0n) is 16.9. The molecule has 1 aliphatic rings. The van der Waals surface area contributed by atoms with E-state index in [1.807, 2.05) is 56.0 Å². The minimum atomic E-state index is 0.136. The van der Waals surface area contributed by atoms with Crippen molar-refractivity contribution in [3.63, 3.8) is 0 Å². The van der Waals surface area contributed by atoms with E-state index in [0.29, 0.717) is 26.1 Å². The van der Waals surface area contributed by atoms with Crippen LogP contribution >= 0.6 is 0 Å². The first kappa shape index (κ1) is 19.9. The van der Waals surface area contributed by atoms with E-state index < -0.39 is 0 Å². The van der Waals surface area contributed by atoms with E-state index in [4.69, 9.17) is 4.74 Å². The number of amides is 1. The fraction of sp³-hybridized carbons (Fsp3) is 0.391. The lowest BCUT2D eigenvalue weighted by molar-refractivity contribution is -0.132. The van der Waals surface area contributed by atoms with Gasteiger partial charge in [-0.15, -0.1) is 0 Å². The molecular formula is C23H28N2O3. The summed E-state index contributed by atoms with van der Waals surface area (Å²) in [5.74, 6) is 0.943. The van der Waals surface area contributed by atoms with Crippen molar-refractivity contribution in [3.8, 4) is 5.75 Å². The Balaban J connectivity index is 1.50. The maximum absolute atomic E-state index is 12.5. The highest BCUT2D eigenvalue weighted by Gasteiger charge is 2.22. The Labute approximate surface area is 166 Å². The van der Waals surface area contributed by atoms with E-state index in [0.717, 1.165) is 53.1 Å². The Bertz CT molecular complexity index is 855. The van der Waals surface area contributed by atoms with Crippen molar-refractivity contribution < 1.29 is 14.3 Å². The average molecular weight is 380 g/mol. The average Bonchev–Trinajstić information content (AvgIpc) is 2.69. The van der Waals surface area contributed by atoms with Crippen molar-refractivity contribution in [2.75, 3.05) is 37.7 Å². The van der Waals surface area contributed by atoms with Crippen LogP contribution in [0.4, 0.5) is 5.69 Å². The minimum Gasteiger partial charge on any atom is -0.493 e. The number of nitrogens with zero attached hydrogens (tertiary/aromatic N) is 2. The van der Waals surface area contributed by atoms with Crippen LogP contribution < -0.4 is 9.64 Å². The highest BCUT2D eigenvalue weighted by molar-refractivity contribution is 5.80. The van der Waals surface area contributed by atoms with E-state index in [1.165, 1.54) is 0 Å². The Kier molecular flexibility index (Phi) is 6.34. The highest BCUT2D eigenvalue weighted by atomic mass is 16.5. The molecule has 28 heavy (non-hydrogen) atoms. The van der Waals surface area contributed by atoms with Gasteiger partial charge in [0.25, 0.3) is 0 Å². The molecule has 3 rings (SSSR count). The predicted molar refractivity (Wildman–Crippen MR) is 111 cm³/mol. The lowest BCUT2D eigenvalue weighted by Gasteiger charge is -2.37. The molecule has 1 saturated heterocycles. The second-order valence-corrected chi connectivity index (χ2v) is 7.40. The van der Waals surface area contributed by atoms with Gasteiger partial charge in [-0.1, -0.05) is 12.1 Å². The Morgan fingerprint density at radius 2 is 1.79 bits per heavy atom. The predicted octanol–water partition coefficient (Wildman–Crippen LogP) is 3.54. The first-order chi connectivity index (χ1) is 13.5. The topological polar surface area (TPSA) is 49.9 Å². The smallest absolute Gasteiger partial charge is 0.226 e.